The van der Waals surface area contributed by atoms with Gasteiger partial charge in [0.2, 0.25) is 0 Å². The van der Waals surface area contributed by atoms with Crippen LogP contribution in [0.15, 0.2) is 48.5 Å². The van der Waals surface area contributed by atoms with Crippen molar-refractivity contribution in [3.05, 3.63) is 70.2 Å². The summed E-state index contributed by atoms with van der Waals surface area (Å²) in [6.45, 7) is 4.07. The number of amides is 1. The molecule has 1 heterocycles. The first-order valence-electron chi connectivity index (χ1n) is 8.34. The van der Waals surface area contributed by atoms with E-state index in [9.17, 15) is 4.79 Å². The fourth-order valence-electron chi connectivity index (χ4n) is 2.96. The van der Waals surface area contributed by atoms with Gasteiger partial charge < -0.3 is 9.64 Å². The van der Waals surface area contributed by atoms with E-state index in [1.807, 2.05) is 17.0 Å². The topological polar surface area (TPSA) is 29.5 Å². The first-order chi connectivity index (χ1) is 11.6. The number of carbonyl (C=O) groups is 1. The minimum Gasteiger partial charge on any atom is -0.372 e. The molecular weight excluding hydrogens is 322 g/mol. The molecule has 3 nitrogen and oxygen atoms in total. The van der Waals surface area contributed by atoms with Crippen molar-refractivity contribution in [2.24, 2.45) is 0 Å². The molecule has 1 aliphatic rings. The second-order valence-electron chi connectivity index (χ2n) is 6.32. The molecule has 0 N–H and O–H groups in total. The predicted octanol–water partition coefficient (Wildman–Crippen LogP) is 4.47. The lowest BCUT2D eigenvalue weighted by Gasteiger charge is -2.32. The predicted molar refractivity (Wildman–Crippen MR) is 96.3 cm³/mol. The van der Waals surface area contributed by atoms with Crippen LogP contribution in [-0.2, 0) is 11.3 Å². The van der Waals surface area contributed by atoms with Gasteiger partial charge in [-0.05, 0) is 43.5 Å². The van der Waals surface area contributed by atoms with Crippen LogP contribution in [0.2, 0.25) is 5.02 Å². The zero-order valence-electron chi connectivity index (χ0n) is 13.9. The van der Waals surface area contributed by atoms with Gasteiger partial charge in [0.05, 0.1) is 12.7 Å². The summed E-state index contributed by atoms with van der Waals surface area (Å²) in [4.78, 5) is 14.5. The normalized spacial score (nSPS) is 17.8. The Labute approximate surface area is 148 Å². The van der Waals surface area contributed by atoms with Crippen molar-refractivity contribution < 1.29 is 9.53 Å². The number of likely N-dealkylation sites (tertiary alicyclic amines) is 1. The standard InChI is InChI=1S/C20H22ClNO2/c1-15-7-9-16(10-8-15)14-24-19-6-3-11-22(13-19)20(23)17-4-2-5-18(21)12-17/h2,4-5,7-10,12,19H,3,6,11,13-14H2,1H3/t19-/m0/s1. The van der Waals surface area contributed by atoms with Gasteiger partial charge in [-0.25, -0.2) is 0 Å². The Morgan fingerprint density at radius 2 is 2.04 bits per heavy atom. The highest BCUT2D eigenvalue weighted by atomic mass is 35.5. The van der Waals surface area contributed by atoms with Crippen LogP contribution in [0.25, 0.3) is 0 Å². The van der Waals surface area contributed by atoms with Gasteiger partial charge in [-0.2, -0.15) is 0 Å². The summed E-state index contributed by atoms with van der Waals surface area (Å²) in [5.74, 6) is 0.0288. The van der Waals surface area contributed by atoms with Crippen molar-refractivity contribution in [1.29, 1.82) is 0 Å². The van der Waals surface area contributed by atoms with E-state index in [4.69, 9.17) is 16.3 Å². The van der Waals surface area contributed by atoms with E-state index >= 15 is 0 Å². The molecule has 2 aromatic carbocycles. The second kappa shape index (κ2) is 7.82. The van der Waals surface area contributed by atoms with Gasteiger partial charge in [0.25, 0.3) is 5.91 Å². The molecule has 1 aliphatic heterocycles. The molecule has 2 aromatic rings. The number of piperidine rings is 1. The van der Waals surface area contributed by atoms with Gasteiger partial charge in [-0.3, -0.25) is 4.79 Å². The van der Waals surface area contributed by atoms with Crippen LogP contribution in [0.4, 0.5) is 0 Å². The summed E-state index contributed by atoms with van der Waals surface area (Å²) in [7, 11) is 0. The molecule has 0 unspecified atom stereocenters. The van der Waals surface area contributed by atoms with Crippen LogP contribution >= 0.6 is 11.6 Å². The Morgan fingerprint density at radius 3 is 2.79 bits per heavy atom. The lowest BCUT2D eigenvalue weighted by molar-refractivity contribution is -0.00673. The van der Waals surface area contributed by atoms with Crippen molar-refractivity contribution in [3.8, 4) is 0 Å². The molecule has 0 spiro atoms. The molecule has 1 fully saturated rings. The average Bonchev–Trinajstić information content (AvgIpc) is 2.61. The van der Waals surface area contributed by atoms with E-state index in [-0.39, 0.29) is 12.0 Å². The summed E-state index contributed by atoms with van der Waals surface area (Å²) in [5, 5.41) is 0.588. The number of aryl methyl sites for hydroxylation is 1. The lowest BCUT2D eigenvalue weighted by Crippen LogP contribution is -2.43. The van der Waals surface area contributed by atoms with Crippen LogP contribution in [-0.4, -0.2) is 30.0 Å². The van der Waals surface area contributed by atoms with Crippen LogP contribution in [0.5, 0.6) is 0 Å². The fraction of sp³-hybridized carbons (Fsp3) is 0.350. The van der Waals surface area contributed by atoms with Crippen molar-refractivity contribution in [2.45, 2.75) is 32.5 Å². The molecule has 0 aliphatic carbocycles. The Morgan fingerprint density at radius 1 is 1.25 bits per heavy atom. The van der Waals surface area contributed by atoms with Gasteiger partial charge in [0, 0.05) is 23.7 Å². The van der Waals surface area contributed by atoms with Gasteiger partial charge in [-0.1, -0.05) is 47.5 Å². The maximum absolute atomic E-state index is 12.6. The molecule has 0 bridgehead atoms. The van der Waals surface area contributed by atoms with E-state index in [0.717, 1.165) is 19.4 Å². The Bertz CT molecular complexity index is 699. The largest absolute Gasteiger partial charge is 0.372 e. The zero-order chi connectivity index (χ0) is 16.9. The molecule has 3 rings (SSSR count). The average molecular weight is 344 g/mol. The number of carbonyl (C=O) groups excluding carboxylic acids is 1. The highest BCUT2D eigenvalue weighted by molar-refractivity contribution is 6.30. The third-order valence-corrected chi connectivity index (χ3v) is 4.58. The molecule has 1 atom stereocenters. The zero-order valence-corrected chi connectivity index (χ0v) is 14.6. The molecule has 126 valence electrons. The molecule has 0 radical (unpaired) electrons. The third-order valence-electron chi connectivity index (χ3n) is 4.34. The fourth-order valence-corrected chi connectivity index (χ4v) is 3.15. The lowest BCUT2D eigenvalue weighted by atomic mass is 10.1. The van der Waals surface area contributed by atoms with Crippen molar-refractivity contribution >= 4 is 17.5 Å². The number of hydrogen-bond acceptors (Lipinski definition) is 2. The Kier molecular flexibility index (Phi) is 5.54. The summed E-state index contributed by atoms with van der Waals surface area (Å²) >= 11 is 5.99. The van der Waals surface area contributed by atoms with Gasteiger partial charge >= 0.3 is 0 Å². The van der Waals surface area contributed by atoms with Crippen LogP contribution < -0.4 is 0 Å². The third kappa shape index (κ3) is 4.37. The number of ether oxygens (including phenoxy) is 1. The van der Waals surface area contributed by atoms with E-state index in [1.165, 1.54) is 11.1 Å². The van der Waals surface area contributed by atoms with Crippen LogP contribution in [0, 0.1) is 6.92 Å². The maximum Gasteiger partial charge on any atom is 0.253 e. The first-order valence-corrected chi connectivity index (χ1v) is 8.71. The van der Waals surface area contributed by atoms with Crippen LogP contribution in [0.3, 0.4) is 0 Å². The minimum absolute atomic E-state index is 0.0288. The number of rotatable bonds is 4. The highest BCUT2D eigenvalue weighted by Crippen LogP contribution is 2.19. The number of nitrogens with zero attached hydrogens (tertiary/aromatic N) is 1. The molecule has 0 aromatic heterocycles. The monoisotopic (exact) mass is 343 g/mol. The Hall–Kier alpha value is -1.84. The molecule has 24 heavy (non-hydrogen) atoms. The molecule has 4 heteroatoms. The molecule has 1 amide bonds. The van der Waals surface area contributed by atoms with E-state index < -0.39 is 0 Å². The van der Waals surface area contributed by atoms with Gasteiger partial charge in [-0.15, -0.1) is 0 Å². The number of hydrogen-bond donors (Lipinski definition) is 0. The first kappa shape index (κ1) is 17.0. The summed E-state index contributed by atoms with van der Waals surface area (Å²) in [6.07, 6.45) is 2.04. The maximum atomic E-state index is 12.6. The van der Waals surface area contributed by atoms with E-state index in [1.54, 1.807) is 12.1 Å². The molecular formula is C20H22ClNO2. The minimum atomic E-state index is 0.0288. The van der Waals surface area contributed by atoms with Crippen molar-refractivity contribution in [1.82, 2.24) is 4.90 Å². The summed E-state index contributed by atoms with van der Waals surface area (Å²) in [5.41, 5.74) is 3.05. The summed E-state index contributed by atoms with van der Waals surface area (Å²) in [6, 6.07) is 15.5. The van der Waals surface area contributed by atoms with Crippen LogP contribution in [0.1, 0.15) is 34.3 Å². The number of halogens is 1. The quantitative estimate of drug-likeness (QED) is 0.819. The highest BCUT2D eigenvalue weighted by Gasteiger charge is 2.25. The number of benzene rings is 2. The smallest absolute Gasteiger partial charge is 0.253 e. The van der Waals surface area contributed by atoms with Gasteiger partial charge in [0.15, 0.2) is 0 Å². The Balaban J connectivity index is 1.57. The second-order valence-corrected chi connectivity index (χ2v) is 6.76. The van der Waals surface area contributed by atoms with Crippen molar-refractivity contribution in [3.63, 3.8) is 0 Å². The van der Waals surface area contributed by atoms with E-state index in [2.05, 4.69) is 31.2 Å². The van der Waals surface area contributed by atoms with Gasteiger partial charge in [0.1, 0.15) is 0 Å². The molecule has 0 saturated carbocycles. The SMILES string of the molecule is Cc1ccc(CO[C@H]2CCCN(C(=O)c3cccc(Cl)c3)C2)cc1. The van der Waals surface area contributed by atoms with E-state index in [0.29, 0.717) is 23.7 Å². The van der Waals surface area contributed by atoms with Crippen molar-refractivity contribution in [2.75, 3.05) is 13.1 Å². The molecule has 1 saturated heterocycles. The summed E-state index contributed by atoms with van der Waals surface area (Å²) < 4.78 is 6.03.